The van der Waals surface area contributed by atoms with Gasteiger partial charge in [-0.3, -0.25) is 3.07 Å². The van der Waals surface area contributed by atoms with Gasteiger partial charge in [0.1, 0.15) is 0 Å². The van der Waals surface area contributed by atoms with E-state index in [-0.39, 0.29) is 5.56 Å². The van der Waals surface area contributed by atoms with Crippen LogP contribution in [0.15, 0.2) is 30.4 Å². The number of aryl methyl sites for hydroxylation is 1. The Balaban J connectivity index is 1.99. The van der Waals surface area contributed by atoms with Gasteiger partial charge in [-0.1, -0.05) is 82.9 Å². The number of carboxylic acid groups (broad SMARTS) is 1. The van der Waals surface area contributed by atoms with E-state index in [1.54, 1.807) is 12.1 Å². The highest BCUT2D eigenvalue weighted by atomic mass is 127. The molecule has 29 heavy (non-hydrogen) atoms. The molecule has 0 aliphatic carbocycles. The van der Waals surface area contributed by atoms with Crippen LogP contribution in [0.5, 0.6) is 0 Å². The van der Waals surface area contributed by atoms with Crippen molar-refractivity contribution in [3.05, 3.63) is 45.0 Å². The first kappa shape index (κ1) is 26.0. The molecule has 1 aromatic rings. The number of halogens is 1. The van der Waals surface area contributed by atoms with Crippen LogP contribution >= 0.6 is 21.2 Å². The molecule has 0 saturated heterocycles. The van der Waals surface area contributed by atoms with Gasteiger partial charge >= 0.3 is 5.97 Å². The fraction of sp³-hybridized carbons (Fsp3) is 0.640. The van der Waals surface area contributed by atoms with Crippen LogP contribution in [-0.2, 0) is 9.49 Å². The van der Waals surface area contributed by atoms with Crippen molar-refractivity contribution in [1.82, 2.24) is 0 Å². The van der Waals surface area contributed by atoms with Gasteiger partial charge in [0.25, 0.3) is 0 Å². The minimum absolute atomic E-state index is 0.215. The van der Waals surface area contributed by atoms with Crippen LogP contribution in [0.25, 0.3) is 0 Å². The average Bonchev–Trinajstić information content (AvgIpc) is 2.73. The van der Waals surface area contributed by atoms with Crippen molar-refractivity contribution in [2.75, 3.05) is 0 Å². The Hall–Kier alpha value is -1.04. The second-order valence-corrected chi connectivity index (χ2v) is 9.49. The Labute approximate surface area is 188 Å². The summed E-state index contributed by atoms with van der Waals surface area (Å²) in [5, 5.41) is 9.21. The van der Waals surface area contributed by atoms with E-state index in [1.165, 1.54) is 83.5 Å². The van der Waals surface area contributed by atoms with Crippen molar-refractivity contribution in [2.45, 2.75) is 103 Å². The normalized spacial score (nSPS) is 11.3. The molecule has 0 fully saturated rings. The Bertz CT molecular complexity index is 610. The molecular formula is C25H39IO3. The van der Waals surface area contributed by atoms with Crippen LogP contribution in [0.2, 0.25) is 0 Å². The van der Waals surface area contributed by atoms with Gasteiger partial charge in [0.05, 0.1) is 9.13 Å². The number of aromatic carboxylic acids is 1. The first-order chi connectivity index (χ1) is 14.2. The minimum Gasteiger partial charge on any atom is -0.478 e. The van der Waals surface area contributed by atoms with Gasteiger partial charge in [0.15, 0.2) is 21.2 Å². The minimum atomic E-state index is -1.43. The number of allylic oxidation sites excluding steroid dienone is 2. The molecule has 164 valence electrons. The molecule has 0 amide bonds. The molecule has 0 aromatic heterocycles. The predicted octanol–water partition coefficient (Wildman–Crippen LogP) is 8.45. The number of benzene rings is 1. The molecule has 0 heterocycles. The molecule has 4 heteroatoms. The summed E-state index contributed by atoms with van der Waals surface area (Å²) in [6.07, 6.45) is 23.7. The van der Waals surface area contributed by atoms with Gasteiger partial charge in [-0.25, -0.2) is 4.79 Å². The first-order valence-corrected chi connectivity index (χ1v) is 13.4. The second-order valence-electron chi connectivity index (χ2n) is 7.88. The SMILES string of the molecule is CCCCCCCCCCC=CCCCCCCc1ccc(I=O)c(C(=O)O)c1. The molecule has 0 saturated carbocycles. The zero-order chi connectivity index (χ0) is 21.2. The Kier molecular flexibility index (Phi) is 15.9. The second kappa shape index (κ2) is 17.8. The van der Waals surface area contributed by atoms with Gasteiger partial charge < -0.3 is 5.11 Å². The molecular weight excluding hydrogens is 475 g/mol. The zero-order valence-corrected chi connectivity index (χ0v) is 20.3. The topological polar surface area (TPSA) is 54.4 Å². The molecule has 3 nitrogen and oxygen atoms in total. The van der Waals surface area contributed by atoms with Gasteiger partial charge in [-0.05, 0) is 56.2 Å². The van der Waals surface area contributed by atoms with Crippen LogP contribution in [0.3, 0.4) is 0 Å². The van der Waals surface area contributed by atoms with Gasteiger partial charge in [-0.2, -0.15) is 0 Å². The van der Waals surface area contributed by atoms with Crippen LogP contribution in [0.4, 0.5) is 0 Å². The Morgan fingerprint density at radius 1 is 0.862 bits per heavy atom. The number of carboxylic acids is 1. The van der Waals surface area contributed by atoms with Crippen molar-refractivity contribution in [3.63, 3.8) is 0 Å². The molecule has 0 aliphatic heterocycles. The van der Waals surface area contributed by atoms with Crippen LogP contribution < -0.4 is 0 Å². The quantitative estimate of drug-likeness (QED) is 0.121. The van der Waals surface area contributed by atoms with E-state index in [4.69, 9.17) is 0 Å². The molecule has 0 bridgehead atoms. The highest BCUT2D eigenvalue weighted by Crippen LogP contribution is 2.19. The lowest BCUT2D eigenvalue weighted by atomic mass is 10.0. The van der Waals surface area contributed by atoms with Gasteiger partial charge in [-0.15, -0.1) is 0 Å². The number of hydrogen-bond donors (Lipinski definition) is 1. The van der Waals surface area contributed by atoms with Crippen molar-refractivity contribution in [2.24, 2.45) is 0 Å². The van der Waals surface area contributed by atoms with E-state index in [2.05, 4.69) is 19.1 Å². The summed E-state index contributed by atoms with van der Waals surface area (Å²) in [6, 6.07) is 5.34. The lowest BCUT2D eigenvalue weighted by Gasteiger charge is -2.05. The van der Waals surface area contributed by atoms with Gasteiger partial charge in [0, 0.05) is 0 Å². The highest BCUT2D eigenvalue weighted by molar-refractivity contribution is 14.1. The summed E-state index contributed by atoms with van der Waals surface area (Å²) in [7, 11) is 0. The third-order valence-electron chi connectivity index (χ3n) is 5.32. The summed E-state index contributed by atoms with van der Waals surface area (Å²) >= 11 is -1.43. The molecule has 0 aliphatic rings. The third kappa shape index (κ3) is 13.0. The molecule has 1 N–H and O–H groups in total. The van der Waals surface area contributed by atoms with E-state index in [1.807, 2.05) is 6.07 Å². The van der Waals surface area contributed by atoms with E-state index in [0.29, 0.717) is 3.57 Å². The van der Waals surface area contributed by atoms with E-state index in [9.17, 15) is 13.0 Å². The fourth-order valence-corrected chi connectivity index (χ4v) is 4.49. The lowest BCUT2D eigenvalue weighted by Crippen LogP contribution is -2.01. The van der Waals surface area contributed by atoms with Crippen LogP contribution in [-0.4, -0.2) is 11.1 Å². The highest BCUT2D eigenvalue weighted by Gasteiger charge is 2.11. The maximum Gasteiger partial charge on any atom is 0.336 e. The molecule has 0 radical (unpaired) electrons. The Morgan fingerprint density at radius 2 is 1.41 bits per heavy atom. The average molecular weight is 514 g/mol. The maximum absolute atomic E-state index is 11.2. The fourth-order valence-electron chi connectivity index (χ4n) is 3.54. The number of unbranched alkanes of at least 4 members (excludes halogenated alkanes) is 12. The largest absolute Gasteiger partial charge is 0.478 e. The van der Waals surface area contributed by atoms with Crippen LogP contribution in [0, 0.1) is 3.57 Å². The van der Waals surface area contributed by atoms with Crippen LogP contribution in [0.1, 0.15) is 113 Å². The molecule has 0 atom stereocenters. The predicted molar refractivity (Wildman–Crippen MR) is 130 cm³/mol. The summed E-state index contributed by atoms with van der Waals surface area (Å²) < 4.78 is 11.6. The molecule has 1 aromatic carbocycles. The third-order valence-corrected chi connectivity index (χ3v) is 6.74. The summed E-state index contributed by atoms with van der Waals surface area (Å²) in [6.45, 7) is 2.27. The monoisotopic (exact) mass is 514 g/mol. The standard InChI is InChI=1S/C25H39IO3/c1-2-3-4-5-6-7-8-9-10-11-12-13-14-15-16-17-18-22-19-20-24(26-29)23(21-22)25(27)28/h11-12,19-21H,2-10,13-18H2,1H3,(H,27,28). The zero-order valence-electron chi connectivity index (χ0n) is 18.1. The maximum atomic E-state index is 11.2. The van der Waals surface area contributed by atoms with Crippen molar-refractivity contribution in [3.8, 4) is 0 Å². The smallest absolute Gasteiger partial charge is 0.336 e. The van der Waals surface area contributed by atoms with Crippen molar-refractivity contribution >= 4 is 27.2 Å². The van der Waals surface area contributed by atoms with E-state index >= 15 is 0 Å². The van der Waals surface area contributed by atoms with Crippen molar-refractivity contribution in [1.29, 1.82) is 0 Å². The molecule has 0 spiro atoms. The van der Waals surface area contributed by atoms with E-state index in [0.717, 1.165) is 18.4 Å². The molecule has 0 unspecified atom stereocenters. The number of carbonyl (C=O) groups is 1. The summed E-state index contributed by atoms with van der Waals surface area (Å²) in [5.41, 5.74) is 1.25. The summed E-state index contributed by atoms with van der Waals surface area (Å²) in [5.74, 6) is -0.976. The number of hydrogen-bond acceptors (Lipinski definition) is 2. The van der Waals surface area contributed by atoms with Gasteiger partial charge in [0.2, 0.25) is 0 Å². The first-order valence-electron chi connectivity index (χ1n) is 11.5. The Morgan fingerprint density at radius 3 is 1.97 bits per heavy atom. The van der Waals surface area contributed by atoms with Crippen molar-refractivity contribution < 1.29 is 13.0 Å². The summed E-state index contributed by atoms with van der Waals surface area (Å²) in [4.78, 5) is 11.2. The number of rotatable bonds is 18. The van der Waals surface area contributed by atoms with E-state index < -0.39 is 27.2 Å². The lowest BCUT2D eigenvalue weighted by molar-refractivity contribution is 0.0695. The molecule has 1 rings (SSSR count).